The van der Waals surface area contributed by atoms with E-state index in [1.807, 2.05) is 0 Å². The molecule has 0 aromatic carbocycles. The number of hydrogen-bond donors (Lipinski definition) is 2. The van der Waals surface area contributed by atoms with Crippen LogP contribution in [0.5, 0.6) is 0 Å². The molecule has 4 aliphatic carbocycles. The van der Waals surface area contributed by atoms with Gasteiger partial charge in [0.15, 0.2) is 0 Å². The van der Waals surface area contributed by atoms with E-state index in [4.69, 9.17) is 5.11 Å². The number of nitrogens with one attached hydrogen (secondary N) is 1. The Labute approximate surface area is 101 Å². The molecule has 0 aliphatic heterocycles. The van der Waals surface area contributed by atoms with E-state index in [9.17, 15) is 4.79 Å². The number of carboxylic acid groups (broad SMARTS) is 1. The standard InChI is InChI=1S/C13H20N2O2/c1-8(12(16)17)14-15-13-5-9-2-10(6-13)4-11(3-9)7-13/h9-11,15H,2-7H2,1H3,(H,16,17)/b14-8-. The maximum Gasteiger partial charge on any atom is 0.351 e. The summed E-state index contributed by atoms with van der Waals surface area (Å²) in [6, 6.07) is 0. The highest BCUT2D eigenvalue weighted by Gasteiger charge is 2.51. The molecule has 0 spiro atoms. The van der Waals surface area contributed by atoms with Gasteiger partial charge in [-0.1, -0.05) is 0 Å². The summed E-state index contributed by atoms with van der Waals surface area (Å²) in [5.74, 6) is 1.64. The van der Waals surface area contributed by atoms with Crippen molar-refractivity contribution < 1.29 is 9.90 Å². The molecule has 0 unspecified atom stereocenters. The van der Waals surface area contributed by atoms with Gasteiger partial charge < -0.3 is 10.5 Å². The molecule has 4 nitrogen and oxygen atoms in total. The van der Waals surface area contributed by atoms with Crippen LogP contribution in [-0.2, 0) is 4.79 Å². The van der Waals surface area contributed by atoms with Crippen LogP contribution in [-0.4, -0.2) is 22.3 Å². The maximum atomic E-state index is 10.7. The van der Waals surface area contributed by atoms with Gasteiger partial charge in [0.2, 0.25) is 0 Å². The molecule has 0 aromatic rings. The van der Waals surface area contributed by atoms with Crippen LogP contribution in [0.4, 0.5) is 0 Å². The number of rotatable bonds is 3. The van der Waals surface area contributed by atoms with Gasteiger partial charge in [-0.25, -0.2) is 4.79 Å². The van der Waals surface area contributed by atoms with Crippen LogP contribution in [0.2, 0.25) is 0 Å². The van der Waals surface area contributed by atoms with E-state index in [0.717, 1.165) is 17.8 Å². The molecule has 17 heavy (non-hydrogen) atoms. The number of nitrogens with zero attached hydrogens (tertiary/aromatic N) is 1. The van der Waals surface area contributed by atoms with Crippen molar-refractivity contribution in [2.75, 3.05) is 0 Å². The van der Waals surface area contributed by atoms with Crippen molar-refractivity contribution in [3.8, 4) is 0 Å². The summed E-state index contributed by atoms with van der Waals surface area (Å²) in [7, 11) is 0. The second kappa shape index (κ2) is 3.72. The van der Waals surface area contributed by atoms with Gasteiger partial charge in [-0.2, -0.15) is 5.10 Å². The van der Waals surface area contributed by atoms with Gasteiger partial charge in [-0.05, 0) is 63.2 Å². The van der Waals surface area contributed by atoms with Crippen molar-refractivity contribution in [3.63, 3.8) is 0 Å². The lowest BCUT2D eigenvalue weighted by molar-refractivity contribution is -0.129. The van der Waals surface area contributed by atoms with Gasteiger partial charge in [0.25, 0.3) is 0 Å². The molecular weight excluding hydrogens is 216 g/mol. The molecule has 94 valence electrons. The Morgan fingerprint density at radius 1 is 1.18 bits per heavy atom. The zero-order valence-electron chi connectivity index (χ0n) is 10.3. The van der Waals surface area contributed by atoms with E-state index in [2.05, 4.69) is 10.5 Å². The Morgan fingerprint density at radius 3 is 2.06 bits per heavy atom. The number of aliphatic carboxylic acids is 1. The van der Waals surface area contributed by atoms with E-state index in [0.29, 0.717) is 0 Å². The molecule has 0 heterocycles. The van der Waals surface area contributed by atoms with Crippen molar-refractivity contribution in [1.82, 2.24) is 5.43 Å². The zero-order valence-corrected chi connectivity index (χ0v) is 10.3. The van der Waals surface area contributed by atoms with Gasteiger partial charge in [-0.15, -0.1) is 0 Å². The van der Waals surface area contributed by atoms with Crippen LogP contribution < -0.4 is 5.43 Å². The van der Waals surface area contributed by atoms with Crippen LogP contribution in [0.25, 0.3) is 0 Å². The SMILES string of the molecule is C/C(=N/NC12CC3CC(CC(C3)C1)C2)C(=O)O. The first-order valence-electron chi connectivity index (χ1n) is 6.61. The van der Waals surface area contributed by atoms with Gasteiger partial charge in [0.1, 0.15) is 5.71 Å². The number of carbonyl (C=O) groups is 1. The van der Waals surface area contributed by atoms with Gasteiger partial charge in [0, 0.05) is 0 Å². The summed E-state index contributed by atoms with van der Waals surface area (Å²) >= 11 is 0. The molecule has 4 bridgehead atoms. The molecule has 4 heteroatoms. The van der Waals surface area contributed by atoms with Gasteiger partial charge in [-0.3, -0.25) is 0 Å². The van der Waals surface area contributed by atoms with Crippen LogP contribution in [0, 0.1) is 17.8 Å². The number of carboxylic acids is 1. The molecule has 4 rings (SSSR count). The molecule has 2 N–H and O–H groups in total. The summed E-state index contributed by atoms with van der Waals surface area (Å²) in [5, 5.41) is 12.9. The van der Waals surface area contributed by atoms with Crippen molar-refractivity contribution in [3.05, 3.63) is 0 Å². The molecule has 0 aromatic heterocycles. The summed E-state index contributed by atoms with van der Waals surface area (Å²) in [6.07, 6.45) is 7.74. The Hall–Kier alpha value is -1.06. The average Bonchev–Trinajstić information content (AvgIpc) is 2.24. The fourth-order valence-corrected chi connectivity index (χ4v) is 4.50. The summed E-state index contributed by atoms with van der Waals surface area (Å²) in [4.78, 5) is 10.7. The van der Waals surface area contributed by atoms with Crippen LogP contribution in [0.3, 0.4) is 0 Å². The first kappa shape index (κ1) is 11.1. The Morgan fingerprint density at radius 2 is 1.65 bits per heavy atom. The smallest absolute Gasteiger partial charge is 0.351 e. The summed E-state index contributed by atoms with van der Waals surface area (Å²) < 4.78 is 0. The van der Waals surface area contributed by atoms with Crippen LogP contribution >= 0.6 is 0 Å². The highest BCUT2D eigenvalue weighted by Crippen LogP contribution is 2.55. The monoisotopic (exact) mass is 236 g/mol. The van der Waals surface area contributed by atoms with Crippen molar-refractivity contribution in [1.29, 1.82) is 0 Å². The molecule has 0 amide bonds. The molecule has 0 radical (unpaired) electrons. The predicted molar refractivity (Wildman–Crippen MR) is 64.8 cm³/mol. The van der Waals surface area contributed by atoms with Gasteiger partial charge >= 0.3 is 5.97 Å². The topological polar surface area (TPSA) is 61.7 Å². The lowest BCUT2D eigenvalue weighted by atomic mass is 9.53. The third-order valence-electron chi connectivity index (χ3n) is 4.81. The van der Waals surface area contributed by atoms with E-state index >= 15 is 0 Å². The van der Waals surface area contributed by atoms with E-state index in [-0.39, 0.29) is 11.3 Å². The molecule has 4 fully saturated rings. The fourth-order valence-electron chi connectivity index (χ4n) is 4.50. The largest absolute Gasteiger partial charge is 0.477 e. The average molecular weight is 236 g/mol. The Bertz CT molecular complexity index is 340. The van der Waals surface area contributed by atoms with Crippen molar-refractivity contribution in [2.24, 2.45) is 22.9 Å². The van der Waals surface area contributed by atoms with E-state index < -0.39 is 5.97 Å². The highest BCUT2D eigenvalue weighted by atomic mass is 16.4. The summed E-state index contributed by atoms with van der Waals surface area (Å²) in [6.45, 7) is 1.55. The Balaban J connectivity index is 1.74. The van der Waals surface area contributed by atoms with Crippen LogP contribution in [0.15, 0.2) is 5.10 Å². The number of hydrogen-bond acceptors (Lipinski definition) is 3. The predicted octanol–water partition coefficient (Wildman–Crippen LogP) is 2.01. The third kappa shape index (κ3) is 1.94. The number of hydrazone groups is 1. The molecule has 0 saturated heterocycles. The first-order valence-corrected chi connectivity index (χ1v) is 6.61. The minimum Gasteiger partial charge on any atom is -0.477 e. The maximum absolute atomic E-state index is 10.7. The Kier molecular flexibility index (Phi) is 2.42. The summed E-state index contributed by atoms with van der Waals surface area (Å²) in [5.41, 5.74) is 3.50. The van der Waals surface area contributed by atoms with E-state index in [1.165, 1.54) is 38.5 Å². The minimum absolute atomic E-state index is 0.117. The quantitative estimate of drug-likeness (QED) is 0.582. The highest BCUT2D eigenvalue weighted by molar-refractivity contribution is 6.34. The van der Waals surface area contributed by atoms with E-state index in [1.54, 1.807) is 6.92 Å². The molecule has 4 saturated carbocycles. The second-order valence-corrected chi connectivity index (χ2v) is 6.31. The van der Waals surface area contributed by atoms with Crippen LogP contribution in [0.1, 0.15) is 45.4 Å². The molecule has 0 atom stereocenters. The zero-order chi connectivity index (χ0) is 12.0. The third-order valence-corrected chi connectivity index (χ3v) is 4.81. The second-order valence-electron chi connectivity index (χ2n) is 6.31. The first-order chi connectivity index (χ1) is 8.06. The lowest BCUT2D eigenvalue weighted by Crippen LogP contribution is -2.57. The lowest BCUT2D eigenvalue weighted by Gasteiger charge is -2.56. The van der Waals surface area contributed by atoms with Crippen molar-refractivity contribution in [2.45, 2.75) is 51.0 Å². The van der Waals surface area contributed by atoms with Crippen molar-refractivity contribution >= 4 is 11.7 Å². The minimum atomic E-state index is -0.928. The van der Waals surface area contributed by atoms with Gasteiger partial charge in [0.05, 0.1) is 5.54 Å². The fraction of sp³-hybridized carbons (Fsp3) is 0.846. The molecular formula is C13H20N2O2. The normalized spacial score (nSPS) is 43.8. The molecule has 4 aliphatic rings.